The second-order valence-corrected chi connectivity index (χ2v) is 6.24. The zero-order chi connectivity index (χ0) is 13.5. The van der Waals surface area contributed by atoms with Gasteiger partial charge in [-0.1, -0.05) is 43.0 Å². The molecule has 0 amide bonds. The van der Waals surface area contributed by atoms with Crippen LogP contribution in [0.15, 0.2) is 34.7 Å². The second kappa shape index (κ2) is 7.76. The molecular formula is C17H25NS. The van der Waals surface area contributed by atoms with Crippen LogP contribution in [-0.2, 0) is 0 Å². The van der Waals surface area contributed by atoms with Crippen LogP contribution in [0.5, 0.6) is 0 Å². The fourth-order valence-electron chi connectivity index (χ4n) is 2.90. The van der Waals surface area contributed by atoms with E-state index in [2.05, 4.69) is 41.9 Å². The van der Waals surface area contributed by atoms with E-state index in [0.717, 1.165) is 12.5 Å². The van der Waals surface area contributed by atoms with Crippen molar-refractivity contribution in [1.82, 2.24) is 5.32 Å². The number of nitrogens with one attached hydrogen (secondary N) is 1. The van der Waals surface area contributed by atoms with Gasteiger partial charge in [0.15, 0.2) is 0 Å². The maximum Gasteiger partial charge on any atom is 0.0167 e. The minimum absolute atomic E-state index is 0.793. The highest BCUT2D eigenvalue weighted by Gasteiger charge is 2.17. The van der Waals surface area contributed by atoms with Crippen LogP contribution in [0, 0.1) is 5.92 Å². The molecule has 1 saturated carbocycles. The molecular weight excluding hydrogens is 250 g/mol. The molecule has 1 aliphatic rings. The predicted molar refractivity (Wildman–Crippen MR) is 86.7 cm³/mol. The van der Waals surface area contributed by atoms with E-state index in [1.165, 1.54) is 42.6 Å². The molecule has 1 N–H and O–H groups in total. The number of benzene rings is 1. The lowest BCUT2D eigenvalue weighted by Gasteiger charge is -2.24. The highest BCUT2D eigenvalue weighted by atomic mass is 32.2. The topological polar surface area (TPSA) is 12.0 Å². The molecule has 0 spiro atoms. The van der Waals surface area contributed by atoms with E-state index in [1.54, 1.807) is 17.3 Å². The van der Waals surface area contributed by atoms with Crippen LogP contribution in [0.4, 0.5) is 0 Å². The summed E-state index contributed by atoms with van der Waals surface area (Å²) in [5.74, 6) is 0.793. The quantitative estimate of drug-likeness (QED) is 0.789. The Hall–Kier alpha value is -0.730. The summed E-state index contributed by atoms with van der Waals surface area (Å²) in [5, 5.41) is 3.34. The summed E-state index contributed by atoms with van der Waals surface area (Å²) in [7, 11) is 2.05. The maximum atomic E-state index is 3.34. The lowest BCUT2D eigenvalue weighted by Crippen LogP contribution is -2.19. The van der Waals surface area contributed by atoms with E-state index >= 15 is 0 Å². The smallest absolute Gasteiger partial charge is 0.0167 e. The standard InChI is InChI=1S/C17H25NS/c1-18-13-16(15-6-4-3-5-7-15)12-14-8-10-17(19-2)11-9-14/h8-12,15,18H,3-7,13H2,1-2H3. The van der Waals surface area contributed by atoms with E-state index in [1.807, 2.05) is 7.05 Å². The SMILES string of the molecule is CNCC(=Cc1ccc(SC)cc1)C1CCCCC1. The number of likely N-dealkylation sites (N-methyl/N-ethyl adjacent to an activating group) is 1. The molecule has 0 aliphatic heterocycles. The third-order valence-corrected chi connectivity index (χ3v) is 4.72. The van der Waals surface area contributed by atoms with Crippen molar-refractivity contribution in [1.29, 1.82) is 0 Å². The maximum absolute atomic E-state index is 3.34. The summed E-state index contributed by atoms with van der Waals surface area (Å²) in [4.78, 5) is 1.34. The van der Waals surface area contributed by atoms with Crippen molar-refractivity contribution in [3.8, 4) is 0 Å². The van der Waals surface area contributed by atoms with Crippen molar-refractivity contribution in [3.63, 3.8) is 0 Å². The Morgan fingerprint density at radius 3 is 2.47 bits per heavy atom. The Kier molecular flexibility index (Phi) is 5.99. The van der Waals surface area contributed by atoms with E-state index in [-0.39, 0.29) is 0 Å². The molecule has 2 rings (SSSR count). The average molecular weight is 275 g/mol. The van der Waals surface area contributed by atoms with Crippen LogP contribution >= 0.6 is 11.8 Å². The highest BCUT2D eigenvalue weighted by Crippen LogP contribution is 2.30. The van der Waals surface area contributed by atoms with E-state index in [4.69, 9.17) is 0 Å². The van der Waals surface area contributed by atoms with Crippen LogP contribution in [0.3, 0.4) is 0 Å². The summed E-state index contributed by atoms with van der Waals surface area (Å²) in [6.07, 6.45) is 11.5. The van der Waals surface area contributed by atoms with Gasteiger partial charge in [0.05, 0.1) is 0 Å². The van der Waals surface area contributed by atoms with Crippen molar-refractivity contribution in [3.05, 3.63) is 35.4 Å². The van der Waals surface area contributed by atoms with Crippen LogP contribution in [-0.4, -0.2) is 19.8 Å². The van der Waals surface area contributed by atoms with Gasteiger partial charge in [-0.25, -0.2) is 0 Å². The number of thioether (sulfide) groups is 1. The molecule has 1 aromatic rings. The zero-order valence-electron chi connectivity index (χ0n) is 12.1. The average Bonchev–Trinajstić information content (AvgIpc) is 2.48. The van der Waals surface area contributed by atoms with Crippen LogP contribution < -0.4 is 5.32 Å². The molecule has 1 nitrogen and oxygen atoms in total. The summed E-state index contributed by atoms with van der Waals surface area (Å²) < 4.78 is 0. The predicted octanol–water partition coefficient (Wildman–Crippen LogP) is 4.59. The van der Waals surface area contributed by atoms with Crippen molar-refractivity contribution in [2.75, 3.05) is 19.8 Å². The number of hydrogen-bond donors (Lipinski definition) is 1. The van der Waals surface area contributed by atoms with Gasteiger partial charge >= 0.3 is 0 Å². The molecule has 1 aliphatic carbocycles. The normalized spacial score (nSPS) is 17.7. The Morgan fingerprint density at radius 2 is 1.89 bits per heavy atom. The minimum atomic E-state index is 0.793. The summed E-state index contributed by atoms with van der Waals surface area (Å²) in [5.41, 5.74) is 2.92. The third-order valence-electron chi connectivity index (χ3n) is 3.98. The highest BCUT2D eigenvalue weighted by molar-refractivity contribution is 7.98. The van der Waals surface area contributed by atoms with Gasteiger partial charge in [-0.15, -0.1) is 11.8 Å². The molecule has 19 heavy (non-hydrogen) atoms. The third kappa shape index (κ3) is 4.39. The van der Waals surface area contributed by atoms with E-state index < -0.39 is 0 Å². The molecule has 0 heterocycles. The molecule has 0 saturated heterocycles. The molecule has 0 aromatic heterocycles. The molecule has 2 heteroatoms. The van der Waals surface area contributed by atoms with Crippen LogP contribution in [0.2, 0.25) is 0 Å². The molecule has 0 bridgehead atoms. The van der Waals surface area contributed by atoms with E-state index in [9.17, 15) is 0 Å². The van der Waals surface area contributed by atoms with Crippen molar-refractivity contribution in [2.24, 2.45) is 5.92 Å². The molecule has 0 unspecified atom stereocenters. The zero-order valence-corrected chi connectivity index (χ0v) is 12.9. The van der Waals surface area contributed by atoms with Gasteiger partial charge in [0.25, 0.3) is 0 Å². The van der Waals surface area contributed by atoms with Gasteiger partial charge < -0.3 is 5.32 Å². The van der Waals surface area contributed by atoms with Crippen LogP contribution in [0.1, 0.15) is 37.7 Å². The molecule has 1 aromatic carbocycles. The van der Waals surface area contributed by atoms with Crippen molar-refractivity contribution in [2.45, 2.75) is 37.0 Å². The Balaban J connectivity index is 2.13. The lowest BCUT2D eigenvalue weighted by molar-refractivity contribution is 0.398. The van der Waals surface area contributed by atoms with Gasteiger partial charge in [0, 0.05) is 11.4 Å². The van der Waals surface area contributed by atoms with Crippen molar-refractivity contribution < 1.29 is 0 Å². The number of hydrogen-bond acceptors (Lipinski definition) is 2. The van der Waals surface area contributed by atoms with Crippen LogP contribution in [0.25, 0.3) is 6.08 Å². The number of rotatable bonds is 5. The lowest BCUT2D eigenvalue weighted by atomic mass is 9.83. The second-order valence-electron chi connectivity index (χ2n) is 5.36. The summed E-state index contributed by atoms with van der Waals surface area (Å²) >= 11 is 1.80. The summed E-state index contributed by atoms with van der Waals surface area (Å²) in [6.45, 7) is 1.02. The Bertz CT molecular complexity index is 402. The minimum Gasteiger partial charge on any atom is -0.316 e. The molecule has 0 atom stereocenters. The fourth-order valence-corrected chi connectivity index (χ4v) is 3.31. The largest absolute Gasteiger partial charge is 0.316 e. The first-order chi connectivity index (χ1) is 9.33. The van der Waals surface area contributed by atoms with Gasteiger partial charge in [0.2, 0.25) is 0 Å². The van der Waals surface area contributed by atoms with Gasteiger partial charge in [0.1, 0.15) is 0 Å². The van der Waals surface area contributed by atoms with Crippen molar-refractivity contribution >= 4 is 17.8 Å². The first-order valence-electron chi connectivity index (χ1n) is 7.32. The van der Waals surface area contributed by atoms with E-state index in [0.29, 0.717) is 0 Å². The first kappa shape index (κ1) is 14.7. The van der Waals surface area contributed by atoms with Gasteiger partial charge in [-0.3, -0.25) is 0 Å². The first-order valence-corrected chi connectivity index (χ1v) is 8.55. The molecule has 1 fully saturated rings. The molecule has 0 radical (unpaired) electrons. The fraction of sp³-hybridized carbons (Fsp3) is 0.529. The molecule has 104 valence electrons. The van der Waals surface area contributed by atoms with Gasteiger partial charge in [-0.2, -0.15) is 0 Å². The summed E-state index contributed by atoms with van der Waals surface area (Å²) in [6, 6.07) is 8.91. The monoisotopic (exact) mass is 275 g/mol. The van der Waals surface area contributed by atoms with Gasteiger partial charge in [-0.05, 0) is 49.8 Å². The Morgan fingerprint density at radius 1 is 1.21 bits per heavy atom. The Labute approximate surface area is 121 Å².